The highest BCUT2D eigenvalue weighted by atomic mass is 35.5. The molecule has 166 valence electrons. The van der Waals surface area contributed by atoms with Gasteiger partial charge in [-0.2, -0.15) is 0 Å². The zero-order chi connectivity index (χ0) is 22.6. The lowest BCUT2D eigenvalue weighted by Gasteiger charge is -2.27. The van der Waals surface area contributed by atoms with Crippen molar-refractivity contribution in [3.63, 3.8) is 0 Å². The number of nitrogens with zero attached hydrogens (tertiary/aromatic N) is 1. The fourth-order valence-corrected chi connectivity index (χ4v) is 4.68. The SMILES string of the molecule is CS(=O)(=O)C[C@@H](NC(=O)c1ccc(Cl)s1)C(=O)Nc1ccc(N2CCOCC2=O)cc1. The number of anilines is 2. The Hall–Kier alpha value is -2.47. The Balaban J connectivity index is 1.70. The first-order valence-corrected chi connectivity index (χ1v) is 12.4. The van der Waals surface area contributed by atoms with Crippen LogP contribution < -0.4 is 15.5 Å². The molecule has 9 nitrogen and oxygen atoms in total. The Kier molecular flexibility index (Phi) is 7.31. The van der Waals surface area contributed by atoms with Crippen LogP contribution in [0.4, 0.5) is 11.4 Å². The molecule has 2 N–H and O–H groups in total. The summed E-state index contributed by atoms with van der Waals surface area (Å²) in [7, 11) is -3.56. The summed E-state index contributed by atoms with van der Waals surface area (Å²) in [5.41, 5.74) is 1.04. The molecule has 1 aromatic carbocycles. The van der Waals surface area contributed by atoms with Gasteiger partial charge in [0.2, 0.25) is 5.91 Å². The maximum atomic E-state index is 12.7. The predicted molar refractivity (Wildman–Crippen MR) is 119 cm³/mol. The van der Waals surface area contributed by atoms with Gasteiger partial charge in [-0.3, -0.25) is 14.4 Å². The van der Waals surface area contributed by atoms with Gasteiger partial charge >= 0.3 is 0 Å². The Bertz CT molecular complexity index is 1080. The molecule has 2 aromatic rings. The minimum Gasteiger partial charge on any atom is -0.370 e. The summed E-state index contributed by atoms with van der Waals surface area (Å²) in [6, 6.07) is 8.23. The summed E-state index contributed by atoms with van der Waals surface area (Å²) >= 11 is 6.85. The molecule has 12 heteroatoms. The van der Waals surface area contributed by atoms with Gasteiger partial charge in [0, 0.05) is 24.2 Å². The molecule has 1 aliphatic heterocycles. The first-order valence-electron chi connectivity index (χ1n) is 9.15. The molecule has 1 aromatic heterocycles. The zero-order valence-electron chi connectivity index (χ0n) is 16.5. The number of ether oxygens (including phenoxy) is 1. The van der Waals surface area contributed by atoms with Crippen molar-refractivity contribution in [1.82, 2.24) is 5.32 Å². The van der Waals surface area contributed by atoms with Gasteiger partial charge in [-0.25, -0.2) is 8.42 Å². The quantitative estimate of drug-likeness (QED) is 0.613. The van der Waals surface area contributed by atoms with Crippen LogP contribution in [0.2, 0.25) is 4.34 Å². The fraction of sp³-hybridized carbons (Fsp3) is 0.316. The van der Waals surface area contributed by atoms with Crippen LogP contribution in [-0.2, 0) is 24.2 Å². The summed E-state index contributed by atoms with van der Waals surface area (Å²) in [5, 5.41) is 5.05. The number of amides is 3. The molecule has 0 unspecified atom stereocenters. The van der Waals surface area contributed by atoms with E-state index in [0.29, 0.717) is 28.9 Å². The summed E-state index contributed by atoms with van der Waals surface area (Å²) in [6.07, 6.45) is 0.982. The molecule has 1 fully saturated rings. The van der Waals surface area contributed by atoms with Gasteiger partial charge < -0.3 is 20.3 Å². The highest BCUT2D eigenvalue weighted by Crippen LogP contribution is 2.22. The van der Waals surface area contributed by atoms with Crippen LogP contribution in [0.25, 0.3) is 0 Å². The number of thiophene rings is 1. The third kappa shape index (κ3) is 6.50. The molecule has 0 spiro atoms. The number of sulfone groups is 1. The monoisotopic (exact) mass is 485 g/mol. The Labute approximate surface area is 188 Å². The number of carbonyl (C=O) groups is 3. The lowest BCUT2D eigenvalue weighted by Crippen LogP contribution is -2.47. The molecule has 0 aliphatic carbocycles. The summed E-state index contributed by atoms with van der Waals surface area (Å²) < 4.78 is 29.0. The number of nitrogens with one attached hydrogen (secondary N) is 2. The van der Waals surface area contributed by atoms with Crippen LogP contribution >= 0.6 is 22.9 Å². The van der Waals surface area contributed by atoms with E-state index in [9.17, 15) is 22.8 Å². The van der Waals surface area contributed by atoms with Gasteiger partial charge in [0.1, 0.15) is 22.5 Å². The van der Waals surface area contributed by atoms with E-state index >= 15 is 0 Å². The lowest BCUT2D eigenvalue weighted by molar-refractivity contribution is -0.125. The van der Waals surface area contributed by atoms with Crippen LogP contribution in [-0.4, -0.2) is 63.9 Å². The number of benzene rings is 1. The molecule has 1 atom stereocenters. The van der Waals surface area contributed by atoms with Gasteiger partial charge in [-0.15, -0.1) is 11.3 Å². The first kappa shape index (κ1) is 23.2. The molecule has 0 radical (unpaired) electrons. The molecular formula is C19H20ClN3O6S2. The van der Waals surface area contributed by atoms with Gasteiger partial charge in [-0.1, -0.05) is 11.6 Å². The van der Waals surface area contributed by atoms with Gasteiger partial charge in [0.25, 0.3) is 11.8 Å². The van der Waals surface area contributed by atoms with Crippen molar-refractivity contribution in [3.05, 3.63) is 45.6 Å². The van der Waals surface area contributed by atoms with Crippen LogP contribution in [0.5, 0.6) is 0 Å². The molecule has 1 aliphatic rings. The number of carbonyl (C=O) groups excluding carboxylic acids is 3. The van der Waals surface area contributed by atoms with E-state index < -0.39 is 33.4 Å². The average molecular weight is 486 g/mol. The maximum Gasteiger partial charge on any atom is 0.262 e. The van der Waals surface area contributed by atoms with Crippen LogP contribution in [0.15, 0.2) is 36.4 Å². The molecule has 2 heterocycles. The molecule has 1 saturated heterocycles. The number of rotatable bonds is 7. The summed E-state index contributed by atoms with van der Waals surface area (Å²) in [5.74, 6) is -2.00. The highest BCUT2D eigenvalue weighted by molar-refractivity contribution is 7.90. The minimum atomic E-state index is -3.56. The second kappa shape index (κ2) is 9.77. The molecule has 3 rings (SSSR count). The number of morpholine rings is 1. The van der Waals surface area contributed by atoms with Crippen molar-refractivity contribution in [3.8, 4) is 0 Å². The summed E-state index contributed by atoms with van der Waals surface area (Å²) in [4.78, 5) is 38.9. The van der Waals surface area contributed by atoms with Crippen molar-refractivity contribution in [2.24, 2.45) is 0 Å². The standard InChI is InChI=1S/C19H20ClN3O6S2/c1-31(27,28)11-14(22-19(26)15-6-7-16(20)30-15)18(25)21-12-2-4-13(5-3-12)23-8-9-29-10-17(23)24/h2-7,14H,8-11H2,1H3,(H,21,25)(H,22,26)/t14-/m1/s1. The van der Waals surface area contributed by atoms with Crippen molar-refractivity contribution in [2.75, 3.05) is 42.0 Å². The van der Waals surface area contributed by atoms with E-state index in [2.05, 4.69) is 10.6 Å². The van der Waals surface area contributed by atoms with Gasteiger partial charge in [0.15, 0.2) is 0 Å². The molecule has 3 amide bonds. The normalized spacial score (nSPS) is 15.4. The minimum absolute atomic E-state index is 0.0147. The highest BCUT2D eigenvalue weighted by Gasteiger charge is 2.26. The van der Waals surface area contributed by atoms with Crippen LogP contribution in [0.1, 0.15) is 9.67 Å². The Morgan fingerprint density at radius 2 is 1.94 bits per heavy atom. The van der Waals surface area contributed by atoms with Gasteiger partial charge in [0.05, 0.1) is 21.6 Å². The zero-order valence-corrected chi connectivity index (χ0v) is 18.8. The second-order valence-electron chi connectivity index (χ2n) is 6.86. The fourth-order valence-electron chi connectivity index (χ4n) is 2.90. The largest absolute Gasteiger partial charge is 0.370 e. The van der Waals surface area contributed by atoms with Gasteiger partial charge in [-0.05, 0) is 36.4 Å². The topological polar surface area (TPSA) is 122 Å². The third-order valence-corrected chi connectivity index (χ3v) is 6.49. The third-order valence-electron chi connectivity index (χ3n) is 4.32. The number of hydrogen-bond acceptors (Lipinski definition) is 7. The molecular weight excluding hydrogens is 466 g/mol. The van der Waals surface area contributed by atoms with E-state index in [1.54, 1.807) is 29.2 Å². The lowest BCUT2D eigenvalue weighted by atomic mass is 10.2. The van der Waals surface area contributed by atoms with Crippen molar-refractivity contribution in [1.29, 1.82) is 0 Å². The van der Waals surface area contributed by atoms with E-state index in [-0.39, 0.29) is 17.4 Å². The number of halogens is 1. The van der Waals surface area contributed by atoms with Crippen LogP contribution in [0, 0.1) is 0 Å². The number of hydrogen-bond donors (Lipinski definition) is 2. The van der Waals surface area contributed by atoms with Crippen molar-refractivity contribution < 1.29 is 27.5 Å². The Morgan fingerprint density at radius 3 is 2.52 bits per heavy atom. The predicted octanol–water partition coefficient (Wildman–Crippen LogP) is 1.55. The maximum absolute atomic E-state index is 12.7. The molecule has 0 bridgehead atoms. The second-order valence-corrected chi connectivity index (χ2v) is 10.8. The smallest absolute Gasteiger partial charge is 0.262 e. The van der Waals surface area contributed by atoms with Crippen molar-refractivity contribution in [2.45, 2.75) is 6.04 Å². The van der Waals surface area contributed by atoms with E-state index in [4.69, 9.17) is 16.3 Å². The van der Waals surface area contributed by atoms with E-state index in [0.717, 1.165) is 17.6 Å². The Morgan fingerprint density at radius 1 is 1.23 bits per heavy atom. The molecule has 0 saturated carbocycles. The van der Waals surface area contributed by atoms with E-state index in [1.807, 2.05) is 0 Å². The van der Waals surface area contributed by atoms with Crippen LogP contribution in [0.3, 0.4) is 0 Å². The van der Waals surface area contributed by atoms with E-state index in [1.165, 1.54) is 12.1 Å². The first-order chi connectivity index (χ1) is 14.6. The average Bonchev–Trinajstić information content (AvgIpc) is 3.14. The van der Waals surface area contributed by atoms with Crippen molar-refractivity contribution >= 4 is 61.9 Å². The summed E-state index contributed by atoms with van der Waals surface area (Å²) in [6.45, 7) is 0.882. The molecule has 31 heavy (non-hydrogen) atoms.